The van der Waals surface area contributed by atoms with Crippen molar-refractivity contribution < 1.29 is 4.39 Å². The van der Waals surface area contributed by atoms with Crippen molar-refractivity contribution in [3.63, 3.8) is 0 Å². The van der Waals surface area contributed by atoms with Crippen LogP contribution >= 0.6 is 34.4 Å². The molecule has 0 radical (unpaired) electrons. The van der Waals surface area contributed by atoms with Gasteiger partial charge in [0.05, 0.1) is 6.21 Å². The van der Waals surface area contributed by atoms with Crippen LogP contribution in [0.3, 0.4) is 0 Å². The normalized spacial score (nSPS) is 12.0. The summed E-state index contributed by atoms with van der Waals surface area (Å²) in [5.41, 5.74) is 7.77. The van der Waals surface area contributed by atoms with E-state index < -0.39 is 0 Å². The molecule has 0 aliphatic carbocycles. The van der Waals surface area contributed by atoms with Gasteiger partial charge in [-0.3, -0.25) is 0 Å². The summed E-state index contributed by atoms with van der Waals surface area (Å²) >= 11 is 3.47. The minimum Gasteiger partial charge on any atom is -0.377 e. The molecule has 0 aromatic heterocycles. The first-order valence-corrected chi connectivity index (χ1v) is 8.20. The van der Waals surface area contributed by atoms with Gasteiger partial charge in [0.25, 0.3) is 0 Å². The summed E-state index contributed by atoms with van der Waals surface area (Å²) in [5.74, 6) is 0.484. The van der Waals surface area contributed by atoms with Crippen LogP contribution in [0, 0.1) is 9.39 Å². The Morgan fingerprint density at radius 3 is 2.71 bits per heavy atom. The number of thioether (sulfide) groups is 1. The molecular weight excluding hydrogens is 400 g/mol. The smallest absolute Gasteiger partial charge is 0.180 e. The van der Waals surface area contributed by atoms with Gasteiger partial charge in [-0.05, 0) is 46.4 Å². The summed E-state index contributed by atoms with van der Waals surface area (Å²) in [6.45, 7) is 0. The zero-order valence-corrected chi connectivity index (χ0v) is 14.0. The highest BCUT2D eigenvalue weighted by Crippen LogP contribution is 2.13. The predicted octanol–water partition coefficient (Wildman–Crippen LogP) is 4.01. The van der Waals surface area contributed by atoms with E-state index in [9.17, 15) is 4.39 Å². The average Bonchev–Trinajstić information content (AvgIpc) is 2.48. The third-order valence-corrected chi connectivity index (χ3v) is 4.33. The lowest BCUT2D eigenvalue weighted by Crippen LogP contribution is -2.06. The van der Waals surface area contributed by atoms with Crippen molar-refractivity contribution in [2.75, 3.05) is 0 Å². The van der Waals surface area contributed by atoms with Gasteiger partial charge in [0.1, 0.15) is 5.82 Å². The zero-order chi connectivity index (χ0) is 15.1. The number of amidine groups is 1. The van der Waals surface area contributed by atoms with Gasteiger partial charge in [0.15, 0.2) is 5.17 Å². The Balaban J connectivity index is 1.92. The summed E-state index contributed by atoms with van der Waals surface area (Å²) in [7, 11) is 0. The average molecular weight is 413 g/mol. The molecule has 0 amide bonds. The molecule has 0 aliphatic heterocycles. The summed E-state index contributed by atoms with van der Waals surface area (Å²) in [5, 5.41) is 8.26. The maximum atomic E-state index is 13.0. The van der Waals surface area contributed by atoms with Crippen molar-refractivity contribution >= 4 is 45.7 Å². The monoisotopic (exact) mass is 413 g/mol. The largest absolute Gasteiger partial charge is 0.377 e. The summed E-state index contributed by atoms with van der Waals surface area (Å²) in [4.78, 5) is 0. The zero-order valence-electron chi connectivity index (χ0n) is 11.0. The lowest BCUT2D eigenvalue weighted by atomic mass is 10.2. The van der Waals surface area contributed by atoms with E-state index in [-0.39, 0.29) is 5.82 Å². The van der Waals surface area contributed by atoms with Crippen LogP contribution in [0.25, 0.3) is 0 Å². The van der Waals surface area contributed by atoms with Gasteiger partial charge < -0.3 is 5.73 Å². The lowest BCUT2D eigenvalue weighted by Gasteiger charge is -1.99. The molecule has 0 saturated carbocycles. The number of benzene rings is 2. The molecule has 0 aliphatic rings. The molecule has 0 bridgehead atoms. The molecule has 2 aromatic rings. The van der Waals surface area contributed by atoms with Crippen molar-refractivity contribution in [2.45, 2.75) is 5.75 Å². The lowest BCUT2D eigenvalue weighted by molar-refractivity contribution is 0.627. The molecule has 0 unspecified atom stereocenters. The van der Waals surface area contributed by atoms with Crippen LogP contribution in [0.15, 0.2) is 58.7 Å². The number of hydrogen-bond acceptors (Lipinski definition) is 3. The van der Waals surface area contributed by atoms with Crippen LogP contribution in [0.4, 0.5) is 4.39 Å². The first kappa shape index (κ1) is 16.0. The van der Waals surface area contributed by atoms with Crippen LogP contribution in [0.1, 0.15) is 11.1 Å². The Labute approximate surface area is 140 Å². The minimum atomic E-state index is -0.266. The first-order valence-electron chi connectivity index (χ1n) is 6.13. The molecule has 2 N–H and O–H groups in total. The van der Waals surface area contributed by atoms with Crippen molar-refractivity contribution in [1.82, 2.24) is 0 Å². The van der Waals surface area contributed by atoms with Crippen molar-refractivity contribution in [2.24, 2.45) is 15.9 Å². The molecule has 3 nitrogen and oxygen atoms in total. The summed E-state index contributed by atoms with van der Waals surface area (Å²) in [6, 6.07) is 14.5. The topological polar surface area (TPSA) is 50.7 Å². The van der Waals surface area contributed by atoms with E-state index in [1.807, 2.05) is 30.3 Å². The number of nitrogens with two attached hydrogens (primary N) is 1. The number of halogens is 2. The highest BCUT2D eigenvalue weighted by molar-refractivity contribution is 14.1. The van der Waals surface area contributed by atoms with E-state index in [0.29, 0.717) is 5.17 Å². The Morgan fingerprint density at radius 1 is 1.24 bits per heavy atom. The Hall–Kier alpha value is -1.41. The Kier molecular flexibility index (Phi) is 6.19. The second kappa shape index (κ2) is 8.14. The maximum absolute atomic E-state index is 13.0. The van der Waals surface area contributed by atoms with Crippen LogP contribution in [0.2, 0.25) is 0 Å². The Morgan fingerprint density at radius 2 is 2.00 bits per heavy atom. The second-order valence-corrected chi connectivity index (χ2v) is 6.28. The van der Waals surface area contributed by atoms with Crippen molar-refractivity contribution in [3.05, 3.63) is 69.0 Å². The van der Waals surface area contributed by atoms with Gasteiger partial charge in [-0.15, -0.1) is 5.10 Å². The standard InChI is InChI=1S/C15H13FIN3S/c16-13-7-6-12(14(17)8-13)9-19-20-15(18)21-10-11-4-2-1-3-5-11/h1-9H,10H2,(H2,18,20). The van der Waals surface area contributed by atoms with Crippen molar-refractivity contribution in [3.8, 4) is 0 Å². The first-order chi connectivity index (χ1) is 10.1. The number of nitrogens with zero attached hydrogens (tertiary/aromatic N) is 2. The van der Waals surface area contributed by atoms with E-state index in [1.165, 1.54) is 29.5 Å². The molecular formula is C15H13FIN3S. The highest BCUT2D eigenvalue weighted by Gasteiger charge is 1.99. The van der Waals surface area contributed by atoms with E-state index in [2.05, 4.69) is 32.8 Å². The molecule has 0 heterocycles. The van der Waals surface area contributed by atoms with Crippen LogP contribution in [0.5, 0.6) is 0 Å². The molecule has 21 heavy (non-hydrogen) atoms. The fraction of sp³-hybridized carbons (Fsp3) is 0.0667. The third kappa shape index (κ3) is 5.47. The highest BCUT2D eigenvalue weighted by atomic mass is 127. The molecule has 108 valence electrons. The van der Waals surface area contributed by atoms with Crippen LogP contribution in [-0.2, 0) is 5.75 Å². The van der Waals surface area contributed by atoms with Crippen molar-refractivity contribution in [1.29, 1.82) is 0 Å². The molecule has 0 fully saturated rings. The third-order valence-electron chi connectivity index (χ3n) is 2.55. The van der Waals surface area contributed by atoms with Crippen LogP contribution < -0.4 is 5.73 Å². The van der Waals surface area contributed by atoms with Gasteiger partial charge in [-0.25, -0.2) is 4.39 Å². The van der Waals surface area contributed by atoms with Gasteiger partial charge in [0, 0.05) is 14.9 Å². The maximum Gasteiger partial charge on any atom is 0.180 e. The van der Waals surface area contributed by atoms with E-state index >= 15 is 0 Å². The number of hydrogen-bond donors (Lipinski definition) is 1. The van der Waals surface area contributed by atoms with E-state index in [1.54, 1.807) is 12.3 Å². The molecule has 0 saturated heterocycles. The predicted molar refractivity (Wildman–Crippen MR) is 96.1 cm³/mol. The molecule has 0 atom stereocenters. The van der Waals surface area contributed by atoms with E-state index in [0.717, 1.165) is 14.9 Å². The van der Waals surface area contributed by atoms with Gasteiger partial charge in [-0.1, -0.05) is 42.1 Å². The molecule has 6 heteroatoms. The summed E-state index contributed by atoms with van der Waals surface area (Å²) in [6.07, 6.45) is 1.57. The molecule has 2 aromatic carbocycles. The fourth-order valence-electron chi connectivity index (χ4n) is 1.51. The molecule has 2 rings (SSSR count). The van der Waals surface area contributed by atoms with Gasteiger partial charge in [0.2, 0.25) is 0 Å². The second-order valence-electron chi connectivity index (χ2n) is 4.12. The van der Waals surface area contributed by atoms with Gasteiger partial charge in [-0.2, -0.15) is 5.10 Å². The minimum absolute atomic E-state index is 0.266. The molecule has 0 spiro atoms. The van der Waals surface area contributed by atoms with Gasteiger partial charge >= 0.3 is 0 Å². The fourth-order valence-corrected chi connectivity index (χ4v) is 2.74. The Bertz CT molecular complexity index is 659. The quantitative estimate of drug-likeness (QED) is 0.357. The SMILES string of the molecule is NC(=NN=Cc1ccc(F)cc1I)SCc1ccccc1. The summed E-state index contributed by atoms with van der Waals surface area (Å²) < 4.78 is 13.7. The van der Waals surface area contributed by atoms with Crippen LogP contribution in [-0.4, -0.2) is 11.4 Å². The number of rotatable bonds is 4. The van der Waals surface area contributed by atoms with E-state index in [4.69, 9.17) is 5.73 Å².